The molecular formula is C6H11N3S. The molecule has 1 aromatic rings. The third-order valence-electron chi connectivity index (χ3n) is 1.48. The van der Waals surface area contributed by atoms with Gasteiger partial charge in [0.2, 0.25) is 0 Å². The summed E-state index contributed by atoms with van der Waals surface area (Å²) >= 11 is 1.23. The van der Waals surface area contributed by atoms with Gasteiger partial charge in [-0.2, -0.15) is 8.75 Å². The van der Waals surface area contributed by atoms with Gasteiger partial charge in [-0.1, -0.05) is 6.92 Å². The van der Waals surface area contributed by atoms with E-state index in [0.29, 0.717) is 0 Å². The number of aryl methyl sites for hydroxylation is 1. The predicted molar refractivity (Wildman–Crippen MR) is 41.9 cm³/mol. The molecule has 1 rings (SSSR count). The van der Waals surface area contributed by atoms with Crippen LogP contribution in [0.4, 0.5) is 0 Å². The molecule has 0 saturated heterocycles. The molecule has 0 bridgehead atoms. The van der Waals surface area contributed by atoms with Crippen LogP contribution in [0.15, 0.2) is 0 Å². The molecule has 56 valence electrons. The first-order chi connectivity index (χ1) is 4.75. The van der Waals surface area contributed by atoms with Gasteiger partial charge in [-0.15, -0.1) is 0 Å². The minimum absolute atomic E-state index is 0.0683. The van der Waals surface area contributed by atoms with Gasteiger partial charge in [0.05, 0.1) is 23.1 Å². The van der Waals surface area contributed by atoms with Crippen molar-refractivity contribution in [1.29, 1.82) is 0 Å². The standard InChI is InChI=1S/C6H11N3S/c1-3-5(7)6-4(2)8-10-9-6/h5H,3,7H2,1-2H3. The van der Waals surface area contributed by atoms with Crippen LogP contribution in [0.3, 0.4) is 0 Å². The van der Waals surface area contributed by atoms with Gasteiger partial charge in [0.15, 0.2) is 0 Å². The van der Waals surface area contributed by atoms with Gasteiger partial charge in [-0.3, -0.25) is 0 Å². The maximum atomic E-state index is 5.74. The van der Waals surface area contributed by atoms with Crippen LogP contribution in [-0.4, -0.2) is 8.75 Å². The Bertz CT molecular complexity index is 209. The van der Waals surface area contributed by atoms with Gasteiger partial charge in [0, 0.05) is 6.04 Å². The molecule has 10 heavy (non-hydrogen) atoms. The summed E-state index contributed by atoms with van der Waals surface area (Å²) in [5, 5.41) is 0. The Hall–Kier alpha value is -0.480. The lowest BCUT2D eigenvalue weighted by Gasteiger charge is -2.03. The Kier molecular flexibility index (Phi) is 2.34. The van der Waals surface area contributed by atoms with Crippen LogP contribution in [0.5, 0.6) is 0 Å². The fourth-order valence-corrected chi connectivity index (χ4v) is 1.38. The third-order valence-corrected chi connectivity index (χ3v) is 2.11. The van der Waals surface area contributed by atoms with Gasteiger partial charge in [-0.05, 0) is 13.3 Å². The van der Waals surface area contributed by atoms with E-state index in [1.54, 1.807) is 0 Å². The van der Waals surface area contributed by atoms with Crippen LogP contribution in [0.1, 0.15) is 30.8 Å². The number of rotatable bonds is 2. The zero-order chi connectivity index (χ0) is 7.56. The summed E-state index contributed by atoms with van der Waals surface area (Å²) in [5.74, 6) is 0. The number of nitrogens with two attached hydrogens (primary N) is 1. The Morgan fingerprint density at radius 2 is 2.30 bits per heavy atom. The van der Waals surface area contributed by atoms with Crippen molar-refractivity contribution in [3.05, 3.63) is 11.4 Å². The van der Waals surface area contributed by atoms with E-state index >= 15 is 0 Å². The molecule has 1 heterocycles. The molecule has 0 saturated carbocycles. The molecular weight excluding hydrogens is 146 g/mol. The average Bonchev–Trinajstić information content (AvgIpc) is 2.34. The normalized spacial score (nSPS) is 13.5. The van der Waals surface area contributed by atoms with Gasteiger partial charge >= 0.3 is 0 Å². The highest BCUT2D eigenvalue weighted by Gasteiger charge is 2.09. The van der Waals surface area contributed by atoms with Crippen molar-refractivity contribution < 1.29 is 0 Å². The first-order valence-electron chi connectivity index (χ1n) is 3.30. The Labute approximate surface area is 64.6 Å². The van der Waals surface area contributed by atoms with Crippen LogP contribution in [0.2, 0.25) is 0 Å². The van der Waals surface area contributed by atoms with Crippen molar-refractivity contribution >= 4 is 11.7 Å². The molecule has 0 spiro atoms. The van der Waals surface area contributed by atoms with Gasteiger partial charge < -0.3 is 5.73 Å². The van der Waals surface area contributed by atoms with Crippen molar-refractivity contribution in [3.63, 3.8) is 0 Å². The lowest BCUT2D eigenvalue weighted by Crippen LogP contribution is -2.10. The van der Waals surface area contributed by atoms with E-state index in [1.165, 1.54) is 11.7 Å². The summed E-state index contributed by atoms with van der Waals surface area (Å²) in [5.41, 5.74) is 7.67. The van der Waals surface area contributed by atoms with Crippen LogP contribution in [-0.2, 0) is 0 Å². The van der Waals surface area contributed by atoms with E-state index in [2.05, 4.69) is 8.75 Å². The molecule has 1 atom stereocenters. The van der Waals surface area contributed by atoms with E-state index in [-0.39, 0.29) is 6.04 Å². The van der Waals surface area contributed by atoms with Gasteiger partial charge in [0.1, 0.15) is 0 Å². The fraction of sp³-hybridized carbons (Fsp3) is 0.667. The first-order valence-corrected chi connectivity index (χ1v) is 4.03. The zero-order valence-electron chi connectivity index (χ0n) is 6.16. The summed E-state index contributed by atoms with van der Waals surface area (Å²) in [4.78, 5) is 0. The van der Waals surface area contributed by atoms with Crippen LogP contribution < -0.4 is 5.73 Å². The van der Waals surface area contributed by atoms with E-state index < -0.39 is 0 Å². The molecule has 1 aromatic heterocycles. The first kappa shape index (κ1) is 7.63. The zero-order valence-corrected chi connectivity index (χ0v) is 6.98. The second-order valence-electron chi connectivity index (χ2n) is 2.25. The molecule has 0 amide bonds. The summed E-state index contributed by atoms with van der Waals surface area (Å²) in [7, 11) is 0. The van der Waals surface area contributed by atoms with Gasteiger partial charge in [0.25, 0.3) is 0 Å². The minimum Gasteiger partial charge on any atom is -0.323 e. The Morgan fingerprint density at radius 1 is 1.60 bits per heavy atom. The summed E-state index contributed by atoms with van der Waals surface area (Å²) < 4.78 is 8.13. The largest absolute Gasteiger partial charge is 0.323 e. The maximum Gasteiger partial charge on any atom is 0.0939 e. The van der Waals surface area contributed by atoms with Crippen LogP contribution >= 0.6 is 11.7 Å². The van der Waals surface area contributed by atoms with E-state index in [0.717, 1.165) is 17.8 Å². The van der Waals surface area contributed by atoms with Crippen molar-refractivity contribution in [1.82, 2.24) is 8.75 Å². The number of nitrogens with zero attached hydrogens (tertiary/aromatic N) is 2. The predicted octanol–water partition coefficient (Wildman–Crippen LogP) is 1.26. The lowest BCUT2D eigenvalue weighted by molar-refractivity contribution is 0.677. The summed E-state index contributed by atoms with van der Waals surface area (Å²) in [6.07, 6.45) is 0.923. The molecule has 3 nitrogen and oxygen atoms in total. The highest BCUT2D eigenvalue weighted by Crippen LogP contribution is 2.14. The number of hydrogen-bond donors (Lipinski definition) is 1. The molecule has 0 aliphatic heterocycles. The smallest absolute Gasteiger partial charge is 0.0939 e. The highest BCUT2D eigenvalue weighted by atomic mass is 32.1. The molecule has 0 aliphatic carbocycles. The molecule has 0 fully saturated rings. The van der Waals surface area contributed by atoms with E-state index in [4.69, 9.17) is 5.73 Å². The van der Waals surface area contributed by atoms with E-state index in [9.17, 15) is 0 Å². The van der Waals surface area contributed by atoms with Crippen LogP contribution in [0.25, 0.3) is 0 Å². The Morgan fingerprint density at radius 3 is 2.70 bits per heavy atom. The minimum atomic E-state index is 0.0683. The van der Waals surface area contributed by atoms with Crippen molar-refractivity contribution in [2.75, 3.05) is 0 Å². The number of hydrogen-bond acceptors (Lipinski definition) is 4. The lowest BCUT2D eigenvalue weighted by atomic mass is 10.1. The van der Waals surface area contributed by atoms with Crippen molar-refractivity contribution in [3.8, 4) is 0 Å². The molecule has 1 unspecified atom stereocenters. The molecule has 0 aromatic carbocycles. The molecule has 4 heteroatoms. The maximum absolute atomic E-state index is 5.74. The van der Waals surface area contributed by atoms with Crippen molar-refractivity contribution in [2.24, 2.45) is 5.73 Å². The average molecular weight is 157 g/mol. The Balaban J connectivity index is 2.82. The summed E-state index contributed by atoms with van der Waals surface area (Å²) in [6.45, 7) is 3.98. The topological polar surface area (TPSA) is 51.8 Å². The monoisotopic (exact) mass is 157 g/mol. The molecule has 0 radical (unpaired) electrons. The summed E-state index contributed by atoms with van der Waals surface area (Å²) in [6, 6.07) is 0.0683. The van der Waals surface area contributed by atoms with Crippen LogP contribution in [0, 0.1) is 6.92 Å². The quantitative estimate of drug-likeness (QED) is 0.703. The van der Waals surface area contributed by atoms with E-state index in [1.807, 2.05) is 13.8 Å². The second-order valence-corrected chi connectivity index (χ2v) is 2.78. The third kappa shape index (κ3) is 1.33. The highest BCUT2D eigenvalue weighted by molar-refractivity contribution is 6.99. The SMILES string of the molecule is CCC(N)c1nsnc1C. The second kappa shape index (κ2) is 3.07. The van der Waals surface area contributed by atoms with Gasteiger partial charge in [-0.25, -0.2) is 0 Å². The van der Waals surface area contributed by atoms with Crippen molar-refractivity contribution in [2.45, 2.75) is 26.3 Å². The fourth-order valence-electron chi connectivity index (χ4n) is 0.768. The molecule has 2 N–H and O–H groups in total. The number of aromatic nitrogens is 2. The molecule has 0 aliphatic rings.